The van der Waals surface area contributed by atoms with Gasteiger partial charge in [0.15, 0.2) is 0 Å². The van der Waals surface area contributed by atoms with Crippen molar-refractivity contribution < 1.29 is 14.3 Å². The Balaban J connectivity index is 1.87. The fourth-order valence-corrected chi connectivity index (χ4v) is 1.90. The van der Waals surface area contributed by atoms with Crippen LogP contribution in [0.1, 0.15) is 20.8 Å². The topological polar surface area (TPSA) is 54.6 Å². The molecule has 0 radical (unpaired) electrons. The highest BCUT2D eigenvalue weighted by Gasteiger charge is 2.19. The van der Waals surface area contributed by atoms with E-state index in [2.05, 4.69) is 4.98 Å². The molecule has 0 aliphatic carbocycles. The van der Waals surface area contributed by atoms with E-state index in [1.165, 1.54) is 4.90 Å². The second kappa shape index (κ2) is 6.08. The summed E-state index contributed by atoms with van der Waals surface area (Å²) in [6, 6.07) is 7.87. The lowest BCUT2D eigenvalue weighted by Gasteiger charge is -2.24. The van der Waals surface area contributed by atoms with Crippen LogP contribution in [0.4, 0.5) is 4.79 Å². The summed E-state index contributed by atoms with van der Waals surface area (Å²) in [5.41, 5.74) is 0.486. The molecule has 1 aromatic heterocycles. The van der Waals surface area contributed by atoms with Gasteiger partial charge in [-0.1, -0.05) is 12.1 Å². The Labute approximate surface area is 124 Å². The maximum atomic E-state index is 11.8. The van der Waals surface area contributed by atoms with E-state index in [1.54, 1.807) is 7.05 Å². The highest BCUT2D eigenvalue weighted by molar-refractivity contribution is 5.85. The zero-order valence-electron chi connectivity index (χ0n) is 13.0. The van der Waals surface area contributed by atoms with Crippen molar-refractivity contribution in [3.63, 3.8) is 0 Å². The number of nitrogens with one attached hydrogen (secondary N) is 1. The number of aromatic amines is 1. The van der Waals surface area contributed by atoms with Crippen LogP contribution < -0.4 is 4.74 Å². The van der Waals surface area contributed by atoms with Crippen LogP contribution in [-0.4, -0.2) is 41.8 Å². The molecular formula is C16H22N2O3. The molecule has 1 heterocycles. The number of carbonyl (C=O) groups is 1. The first-order valence-corrected chi connectivity index (χ1v) is 7.00. The molecule has 0 bridgehead atoms. The molecule has 0 unspecified atom stereocenters. The number of nitrogens with zero attached hydrogens (tertiary/aromatic N) is 1. The summed E-state index contributed by atoms with van der Waals surface area (Å²) >= 11 is 0. The van der Waals surface area contributed by atoms with Gasteiger partial charge in [0.1, 0.15) is 18.0 Å². The fraction of sp³-hybridized carbons (Fsp3) is 0.438. The molecule has 0 aliphatic rings. The van der Waals surface area contributed by atoms with E-state index < -0.39 is 5.60 Å². The number of fused-ring (bicyclic) bond motifs is 1. The number of likely N-dealkylation sites (N-methyl/N-ethyl adjacent to an activating group) is 1. The van der Waals surface area contributed by atoms with Gasteiger partial charge in [-0.05, 0) is 32.9 Å². The van der Waals surface area contributed by atoms with Crippen LogP contribution in [0.3, 0.4) is 0 Å². The van der Waals surface area contributed by atoms with E-state index in [0.717, 1.165) is 16.7 Å². The Kier molecular flexibility index (Phi) is 4.40. The first-order valence-electron chi connectivity index (χ1n) is 7.00. The van der Waals surface area contributed by atoms with Crippen LogP contribution in [0.2, 0.25) is 0 Å². The van der Waals surface area contributed by atoms with Gasteiger partial charge in [0.2, 0.25) is 0 Å². The smallest absolute Gasteiger partial charge is 0.410 e. The predicted octanol–water partition coefficient (Wildman–Crippen LogP) is 3.41. The molecule has 5 heteroatoms. The van der Waals surface area contributed by atoms with Crippen LogP contribution >= 0.6 is 0 Å². The maximum absolute atomic E-state index is 11.8. The third-order valence-corrected chi connectivity index (χ3v) is 2.94. The van der Waals surface area contributed by atoms with Crippen molar-refractivity contribution >= 4 is 17.0 Å². The lowest BCUT2D eigenvalue weighted by molar-refractivity contribution is 0.0278. The molecule has 0 saturated heterocycles. The predicted molar refractivity (Wildman–Crippen MR) is 82.7 cm³/mol. The largest absolute Gasteiger partial charge is 0.490 e. The number of hydrogen-bond acceptors (Lipinski definition) is 3. The summed E-state index contributed by atoms with van der Waals surface area (Å²) < 4.78 is 11.0. The summed E-state index contributed by atoms with van der Waals surface area (Å²) in [5.74, 6) is 0.787. The summed E-state index contributed by atoms with van der Waals surface area (Å²) in [5, 5.41) is 1.10. The van der Waals surface area contributed by atoms with Crippen LogP contribution in [0, 0.1) is 0 Å². The summed E-state index contributed by atoms with van der Waals surface area (Å²) in [7, 11) is 1.70. The van der Waals surface area contributed by atoms with Crippen molar-refractivity contribution in [2.45, 2.75) is 26.4 Å². The fourth-order valence-electron chi connectivity index (χ4n) is 1.90. The van der Waals surface area contributed by atoms with Crippen molar-refractivity contribution in [2.75, 3.05) is 20.2 Å². The Morgan fingerprint density at radius 1 is 1.29 bits per heavy atom. The van der Waals surface area contributed by atoms with E-state index in [9.17, 15) is 4.79 Å². The highest BCUT2D eigenvalue weighted by atomic mass is 16.6. The number of rotatable bonds is 4. The number of benzene rings is 1. The summed E-state index contributed by atoms with van der Waals surface area (Å²) in [6.45, 7) is 6.42. The minimum absolute atomic E-state index is 0.343. The second-order valence-corrected chi connectivity index (χ2v) is 5.95. The van der Waals surface area contributed by atoms with Gasteiger partial charge in [-0.25, -0.2) is 4.79 Å². The molecule has 1 N–H and O–H groups in total. The average molecular weight is 290 g/mol. The lowest BCUT2D eigenvalue weighted by Crippen LogP contribution is -2.36. The lowest BCUT2D eigenvalue weighted by atomic mass is 10.2. The Hall–Kier alpha value is -2.17. The van der Waals surface area contributed by atoms with E-state index >= 15 is 0 Å². The van der Waals surface area contributed by atoms with Crippen LogP contribution in [0.15, 0.2) is 30.5 Å². The number of para-hydroxylation sites is 1. The van der Waals surface area contributed by atoms with E-state index in [0.29, 0.717) is 13.2 Å². The van der Waals surface area contributed by atoms with E-state index in [-0.39, 0.29) is 6.09 Å². The molecule has 1 amide bonds. The standard InChI is InChI=1S/C16H22N2O3/c1-16(2,3)21-15(19)18(4)10-11-20-13-7-5-6-12-8-9-17-14(12)13/h5-9,17H,10-11H2,1-4H3. The number of hydrogen-bond donors (Lipinski definition) is 1. The quantitative estimate of drug-likeness (QED) is 0.938. The van der Waals surface area contributed by atoms with Crippen molar-refractivity contribution in [2.24, 2.45) is 0 Å². The van der Waals surface area contributed by atoms with Crippen LogP contribution in [0.5, 0.6) is 5.75 Å². The van der Waals surface area contributed by atoms with Crippen LogP contribution in [-0.2, 0) is 4.74 Å². The second-order valence-electron chi connectivity index (χ2n) is 5.95. The SMILES string of the molecule is CN(CCOc1cccc2cc[nH]c12)C(=O)OC(C)(C)C. The first-order chi connectivity index (χ1) is 9.87. The summed E-state index contributed by atoms with van der Waals surface area (Å²) in [6.07, 6.45) is 1.54. The average Bonchev–Trinajstić information content (AvgIpc) is 2.85. The molecule has 0 spiro atoms. The van der Waals surface area contributed by atoms with Crippen LogP contribution in [0.25, 0.3) is 10.9 Å². The molecular weight excluding hydrogens is 268 g/mol. The Morgan fingerprint density at radius 2 is 2.05 bits per heavy atom. The van der Waals surface area contributed by atoms with Crippen molar-refractivity contribution in [1.29, 1.82) is 0 Å². The zero-order chi connectivity index (χ0) is 15.5. The van der Waals surface area contributed by atoms with E-state index in [1.807, 2.05) is 51.2 Å². The number of carbonyl (C=O) groups excluding carboxylic acids is 1. The molecule has 0 aliphatic heterocycles. The number of ether oxygens (including phenoxy) is 2. The Bertz CT molecular complexity index is 613. The molecule has 0 fully saturated rings. The monoisotopic (exact) mass is 290 g/mol. The van der Waals surface area contributed by atoms with Crippen molar-refractivity contribution in [3.05, 3.63) is 30.5 Å². The third-order valence-electron chi connectivity index (χ3n) is 2.94. The molecule has 2 aromatic rings. The summed E-state index contributed by atoms with van der Waals surface area (Å²) in [4.78, 5) is 16.5. The molecule has 1 aromatic carbocycles. The molecule has 2 rings (SSSR count). The van der Waals surface area contributed by atoms with Gasteiger partial charge in [-0.2, -0.15) is 0 Å². The van der Waals surface area contributed by atoms with Gasteiger partial charge in [0.25, 0.3) is 0 Å². The van der Waals surface area contributed by atoms with Gasteiger partial charge in [0, 0.05) is 18.6 Å². The molecule has 0 saturated carbocycles. The molecule has 114 valence electrons. The van der Waals surface area contributed by atoms with E-state index in [4.69, 9.17) is 9.47 Å². The third kappa shape index (κ3) is 4.15. The van der Waals surface area contributed by atoms with Gasteiger partial charge in [-0.15, -0.1) is 0 Å². The highest BCUT2D eigenvalue weighted by Crippen LogP contribution is 2.23. The minimum Gasteiger partial charge on any atom is -0.490 e. The number of amides is 1. The van der Waals surface area contributed by atoms with Gasteiger partial charge in [0.05, 0.1) is 12.1 Å². The molecule has 0 atom stereocenters. The maximum Gasteiger partial charge on any atom is 0.410 e. The van der Waals surface area contributed by atoms with Gasteiger partial charge < -0.3 is 19.4 Å². The van der Waals surface area contributed by atoms with Gasteiger partial charge in [-0.3, -0.25) is 0 Å². The van der Waals surface area contributed by atoms with Gasteiger partial charge >= 0.3 is 6.09 Å². The van der Waals surface area contributed by atoms with Crippen molar-refractivity contribution in [3.8, 4) is 5.75 Å². The first kappa shape index (κ1) is 15.2. The zero-order valence-corrected chi connectivity index (χ0v) is 13.0. The number of H-pyrrole nitrogens is 1. The normalized spacial score (nSPS) is 11.4. The Morgan fingerprint density at radius 3 is 2.76 bits per heavy atom. The van der Waals surface area contributed by atoms with Crippen molar-refractivity contribution in [1.82, 2.24) is 9.88 Å². The molecule has 21 heavy (non-hydrogen) atoms. The number of aromatic nitrogens is 1. The minimum atomic E-state index is -0.484. The molecule has 5 nitrogen and oxygen atoms in total.